The summed E-state index contributed by atoms with van der Waals surface area (Å²) in [5.41, 5.74) is 17.7. The number of ether oxygens (including phenoxy) is 12. The number of hydrogen-bond donors (Lipinski definition) is 6. The van der Waals surface area contributed by atoms with Gasteiger partial charge in [0, 0.05) is 70.4 Å². The zero-order valence-electron chi connectivity index (χ0n) is 83.9. The van der Waals surface area contributed by atoms with Crippen LogP contribution in [0.2, 0.25) is 0 Å². The molecule has 0 spiro atoms. The Morgan fingerprint density at radius 2 is 0.500 bits per heavy atom. The molecule has 18 nitrogen and oxygen atoms in total. The van der Waals surface area contributed by atoms with Crippen molar-refractivity contribution < 1.29 is 83.2 Å². The number of halogens is 6. The molecule has 0 unspecified atom stereocenters. The normalized spacial score (nSPS) is 25.1. The van der Waals surface area contributed by atoms with E-state index in [2.05, 4.69) is 247 Å². The molecule has 12 aliphatic rings. The number of aryl methyl sites for hydroxylation is 4. The quantitative estimate of drug-likeness (QED) is 0.0446. The van der Waals surface area contributed by atoms with Crippen LogP contribution in [-0.4, -0.2) is 112 Å². The molecule has 24 heteroatoms. The minimum absolute atomic E-state index is 0.0183. The van der Waals surface area contributed by atoms with Crippen molar-refractivity contribution in [2.24, 2.45) is 0 Å². The van der Waals surface area contributed by atoms with E-state index in [4.69, 9.17) is 56.8 Å². The Labute approximate surface area is 841 Å². The van der Waals surface area contributed by atoms with E-state index in [9.17, 15) is 26.3 Å². The Bertz CT molecular complexity index is 6530. The van der Waals surface area contributed by atoms with Gasteiger partial charge in [-0.15, -0.1) is 0 Å². The zero-order valence-corrected chi connectivity index (χ0v) is 83.9. The van der Waals surface area contributed by atoms with E-state index in [1.165, 1.54) is 109 Å². The van der Waals surface area contributed by atoms with Gasteiger partial charge in [-0.25, -0.2) is 0 Å². The maximum absolute atomic E-state index is 12.6. The van der Waals surface area contributed by atoms with E-state index in [1.807, 2.05) is 60.7 Å². The summed E-state index contributed by atoms with van der Waals surface area (Å²) in [5.74, 6) is 13.6. The SMILES string of the molecule is C[C@@]12COc3cc(OCc4ccc(C(F)(F)F)cc4)ccc3[C@@H]1CCN2.C[C@@]12COc3ccc(OCc4ccc(C(F)(F)F)cc4)cc3[C@@H]1CCN2.Cc1cccc(COc2ccc3c(c2)OC[C@@]2(C)NCC[C@@H]32)c1.Cc1cccc(COc2ccc3c(c2)[C@@H]2CCN[C@]2(C)CO3)c1.Cc1ccccc1COc1ccc2c(c1)OC[C@@]1(C)NCC[C@@H]21.Cc1ccccc1COc1ccc2c(c1)[C@@H]1CCN[C@]1(C)CO2. The van der Waals surface area contributed by atoms with Crippen LogP contribution < -0.4 is 88.7 Å². The summed E-state index contributed by atoms with van der Waals surface area (Å²) in [6, 6.07) is 80.2. The second kappa shape index (κ2) is 42.3. The lowest BCUT2D eigenvalue weighted by Crippen LogP contribution is -2.48. The largest absolute Gasteiger partial charge is 0.491 e. The van der Waals surface area contributed by atoms with Gasteiger partial charge < -0.3 is 88.7 Å². The Kier molecular flexibility index (Phi) is 29.5. The molecule has 0 bridgehead atoms. The van der Waals surface area contributed by atoms with Crippen molar-refractivity contribution in [3.8, 4) is 69.0 Å². The topological polar surface area (TPSA) is 183 Å². The monoisotopic (exact) mass is 1960 g/mol. The maximum Gasteiger partial charge on any atom is 0.416 e. The molecule has 6 saturated heterocycles. The third kappa shape index (κ3) is 22.6. The van der Waals surface area contributed by atoms with Gasteiger partial charge in [0.15, 0.2) is 0 Å². The first kappa shape index (κ1) is 100. The van der Waals surface area contributed by atoms with Crippen molar-refractivity contribution in [2.45, 2.75) is 228 Å². The molecule has 24 rings (SSSR count). The van der Waals surface area contributed by atoms with Crippen LogP contribution in [0, 0.1) is 27.7 Å². The van der Waals surface area contributed by atoms with Gasteiger partial charge in [-0.2, -0.15) is 26.3 Å². The van der Waals surface area contributed by atoms with Crippen LogP contribution in [0.5, 0.6) is 69.0 Å². The molecule has 0 aliphatic carbocycles. The molecule has 6 fully saturated rings. The van der Waals surface area contributed by atoms with Crippen LogP contribution in [0.15, 0.2) is 255 Å². The number of alkyl halides is 6. The smallest absolute Gasteiger partial charge is 0.416 e. The molecular formula is C120H132F6N6O12. The lowest BCUT2D eigenvalue weighted by atomic mass is 9.80. The van der Waals surface area contributed by atoms with Crippen molar-refractivity contribution >= 4 is 0 Å². The molecule has 12 aliphatic heterocycles. The van der Waals surface area contributed by atoms with E-state index in [-0.39, 0.29) is 46.4 Å². The highest BCUT2D eigenvalue weighted by Crippen LogP contribution is 2.53. The second-order valence-electron chi connectivity index (χ2n) is 42.0. The number of fused-ring (bicyclic) bond motifs is 18. The lowest BCUT2D eigenvalue weighted by molar-refractivity contribution is -0.138. The van der Waals surface area contributed by atoms with Crippen LogP contribution in [0.3, 0.4) is 0 Å². The molecular weight excluding hydrogens is 1830 g/mol. The predicted molar refractivity (Wildman–Crippen MR) is 548 cm³/mol. The molecule has 144 heavy (non-hydrogen) atoms. The van der Waals surface area contributed by atoms with Crippen molar-refractivity contribution in [3.05, 3.63) is 355 Å². The highest BCUT2D eigenvalue weighted by Gasteiger charge is 2.51. The highest BCUT2D eigenvalue weighted by atomic mass is 19.4. The fourth-order valence-electron chi connectivity index (χ4n) is 22.8. The van der Waals surface area contributed by atoms with Gasteiger partial charge in [-0.1, -0.05) is 151 Å². The molecule has 0 radical (unpaired) electrons. The van der Waals surface area contributed by atoms with Gasteiger partial charge in [-0.3, -0.25) is 0 Å². The summed E-state index contributed by atoms with van der Waals surface area (Å²) in [6.07, 6.45) is -1.83. The standard InChI is InChI=1S/2C20H20F3NO2.4C20H23NO2/c1-19-12-26-18-7-6-15(10-16(18)17(19)8-9-24-19)25-11-13-2-4-14(5-3-13)20(21,22)23;1-19-12-26-18-10-15(6-7-16(18)17(19)8-9-24-19)25-11-13-2-4-14(5-3-13)20(21,22)23;1-14-4-3-5-15(10-14)12-22-16-6-7-19-17(11-16)18-8-9-21-20(18,2)13-23-19;1-14-4-3-5-15(10-14)12-22-16-6-7-17-18-8-9-21-20(18,2)13-23-19(17)11-16;1-14-5-3-4-6-15(14)12-22-16-7-8-19-17(11-16)18-9-10-21-20(18,2)13-23-19;1-14-5-3-4-6-15(14)12-22-16-7-8-17-18-9-10-21-20(18,2)13-23-19(17)11-16/h2*2-7,10,17,24H,8-9,11-12H2,1H3;2*3-7,10-11,18,21H,8-9,12-13H2,1-2H3;2*3-8,11,18,21H,9-10,12-13H2,1-2H3/t2*17-,19+;4*18-,20+/m000000/s1. The van der Waals surface area contributed by atoms with Crippen LogP contribution in [0.4, 0.5) is 26.3 Å². The summed E-state index contributed by atoms with van der Waals surface area (Å²) in [5, 5.41) is 21.4. The van der Waals surface area contributed by atoms with Crippen LogP contribution in [0.25, 0.3) is 0 Å². The highest BCUT2D eigenvalue weighted by molar-refractivity contribution is 5.54. The molecule has 12 aromatic rings. The summed E-state index contributed by atoms with van der Waals surface area (Å²) in [6.45, 7) is 35.0. The summed E-state index contributed by atoms with van der Waals surface area (Å²) in [4.78, 5) is 0. The van der Waals surface area contributed by atoms with E-state index < -0.39 is 23.5 Å². The average Bonchev–Trinajstić information content (AvgIpc) is 1.58. The first-order valence-electron chi connectivity index (χ1n) is 50.7. The molecule has 0 saturated carbocycles. The van der Waals surface area contributed by atoms with E-state index >= 15 is 0 Å². The number of hydrogen-bond acceptors (Lipinski definition) is 18. The minimum Gasteiger partial charge on any atom is -0.491 e. The Morgan fingerprint density at radius 3 is 0.778 bits per heavy atom. The molecule has 0 amide bonds. The Hall–Kier alpha value is -12.4. The number of benzene rings is 12. The van der Waals surface area contributed by atoms with Crippen LogP contribution >= 0.6 is 0 Å². The van der Waals surface area contributed by atoms with Gasteiger partial charge in [0.25, 0.3) is 0 Å². The van der Waals surface area contributed by atoms with E-state index in [0.29, 0.717) is 97.8 Å². The van der Waals surface area contributed by atoms with Gasteiger partial charge in [-0.05, 0) is 305 Å². The minimum atomic E-state index is -4.32. The molecule has 6 N–H and O–H groups in total. The number of rotatable bonds is 18. The van der Waals surface area contributed by atoms with Gasteiger partial charge in [0.05, 0.1) is 44.4 Å². The zero-order chi connectivity index (χ0) is 100. The van der Waals surface area contributed by atoms with E-state index in [1.54, 1.807) is 0 Å². The Morgan fingerprint density at radius 1 is 0.250 bits per heavy atom. The maximum atomic E-state index is 12.6. The van der Waals surface area contributed by atoms with Gasteiger partial charge in [0.1, 0.15) is 148 Å². The van der Waals surface area contributed by atoms with Crippen LogP contribution in [-0.2, 0) is 52.0 Å². The first-order chi connectivity index (χ1) is 69.3. The van der Waals surface area contributed by atoms with Gasteiger partial charge >= 0.3 is 12.4 Å². The summed E-state index contributed by atoms with van der Waals surface area (Å²) >= 11 is 0. The van der Waals surface area contributed by atoms with Crippen molar-refractivity contribution in [3.63, 3.8) is 0 Å². The molecule has 12 heterocycles. The van der Waals surface area contributed by atoms with Crippen molar-refractivity contribution in [1.82, 2.24) is 31.9 Å². The summed E-state index contributed by atoms with van der Waals surface area (Å²) < 4.78 is 147. The van der Waals surface area contributed by atoms with Gasteiger partial charge in [0.2, 0.25) is 0 Å². The number of nitrogens with one attached hydrogen (secondary N) is 6. The second-order valence-corrected chi connectivity index (χ2v) is 42.0. The molecule has 0 aromatic heterocycles. The molecule has 12 aromatic carbocycles. The average molecular weight is 1960 g/mol. The lowest BCUT2D eigenvalue weighted by Gasteiger charge is -2.37. The first-order valence-corrected chi connectivity index (χ1v) is 50.7. The fourth-order valence-corrected chi connectivity index (χ4v) is 22.8. The molecule has 756 valence electrons. The van der Waals surface area contributed by atoms with Crippen LogP contribution in [0.1, 0.15) is 216 Å². The third-order valence-electron chi connectivity index (χ3n) is 31.4. The van der Waals surface area contributed by atoms with E-state index in [0.717, 1.165) is 179 Å². The van der Waals surface area contributed by atoms with Crippen molar-refractivity contribution in [2.75, 3.05) is 78.9 Å². The predicted octanol–water partition coefficient (Wildman–Crippen LogP) is 24.2. The summed E-state index contributed by atoms with van der Waals surface area (Å²) in [7, 11) is 0. The van der Waals surface area contributed by atoms with Crippen molar-refractivity contribution in [1.29, 1.82) is 0 Å². The molecule has 12 atom stereocenters. The fraction of sp³-hybridized carbons (Fsp3) is 0.400. The third-order valence-corrected chi connectivity index (χ3v) is 31.4. The Balaban J connectivity index is 0.000000109.